The number of hydrogen-bond donors (Lipinski definition) is 2. The van der Waals surface area contributed by atoms with Crippen molar-refractivity contribution in [1.82, 2.24) is 5.43 Å². The molecule has 0 radical (unpaired) electrons. The summed E-state index contributed by atoms with van der Waals surface area (Å²) in [6.45, 7) is 2.09. The number of carbonyl (C=O) groups is 1. The number of ketones is 1. The molecule has 1 fully saturated rings. The fraction of sp³-hybridized carbons (Fsp3) is 0.500. The van der Waals surface area contributed by atoms with Crippen LogP contribution in [0.1, 0.15) is 6.92 Å². The fourth-order valence-electron chi connectivity index (χ4n) is 0.836. The van der Waals surface area contributed by atoms with Crippen molar-refractivity contribution in [2.75, 3.05) is 6.61 Å². The minimum absolute atomic E-state index is 0.0120. The lowest BCUT2D eigenvalue weighted by molar-refractivity contribution is -0.119. The van der Waals surface area contributed by atoms with Gasteiger partial charge in [0, 0.05) is 11.8 Å². The molecule has 1 heterocycles. The highest BCUT2D eigenvalue weighted by Gasteiger charge is 2.25. The Labute approximate surface area is 59.0 Å². The van der Waals surface area contributed by atoms with Gasteiger partial charge in [-0.2, -0.15) is 0 Å². The molecule has 0 unspecified atom stereocenters. The second-order valence-corrected chi connectivity index (χ2v) is 2.15. The van der Waals surface area contributed by atoms with Gasteiger partial charge in [-0.25, -0.2) is 0 Å². The van der Waals surface area contributed by atoms with Crippen LogP contribution in [-0.4, -0.2) is 18.5 Å². The standard InChI is InChI=1S/C6H10N2O2/c1-4-6(9)5(2-8-7)3-10-4/h2,4,8H,3,7H2,1H3/b5-2-/t4-/m1/s1. The lowest BCUT2D eigenvalue weighted by Crippen LogP contribution is -2.17. The van der Waals surface area contributed by atoms with Gasteiger partial charge >= 0.3 is 0 Å². The first-order chi connectivity index (χ1) is 4.75. The molecule has 0 aromatic carbocycles. The van der Waals surface area contributed by atoms with Crippen LogP contribution in [0.3, 0.4) is 0 Å². The SMILES string of the molecule is C[C@H]1OC/C(=C/NN)C1=O. The molecular formula is C6H10N2O2. The topological polar surface area (TPSA) is 64.3 Å². The van der Waals surface area contributed by atoms with Gasteiger partial charge in [0.25, 0.3) is 0 Å². The van der Waals surface area contributed by atoms with Crippen LogP contribution in [0.4, 0.5) is 0 Å². The van der Waals surface area contributed by atoms with E-state index < -0.39 is 0 Å². The number of nitrogens with two attached hydrogens (primary N) is 1. The van der Waals surface area contributed by atoms with E-state index in [1.165, 1.54) is 6.20 Å². The Hall–Kier alpha value is -0.870. The molecule has 1 aliphatic heterocycles. The van der Waals surface area contributed by atoms with E-state index in [9.17, 15) is 4.79 Å². The summed E-state index contributed by atoms with van der Waals surface area (Å²) in [7, 11) is 0. The van der Waals surface area contributed by atoms with E-state index in [1.54, 1.807) is 6.92 Å². The monoisotopic (exact) mass is 142 g/mol. The van der Waals surface area contributed by atoms with Crippen LogP contribution in [0.25, 0.3) is 0 Å². The predicted molar refractivity (Wildman–Crippen MR) is 35.8 cm³/mol. The molecule has 0 amide bonds. The van der Waals surface area contributed by atoms with Gasteiger partial charge in [-0.05, 0) is 6.92 Å². The minimum Gasteiger partial charge on any atom is -0.365 e. The highest BCUT2D eigenvalue weighted by molar-refractivity contribution is 6.00. The zero-order chi connectivity index (χ0) is 7.56. The summed E-state index contributed by atoms with van der Waals surface area (Å²) in [5.41, 5.74) is 2.90. The van der Waals surface area contributed by atoms with Gasteiger partial charge in [0.1, 0.15) is 6.10 Å². The molecule has 3 N–H and O–H groups in total. The Bertz CT molecular complexity index is 177. The van der Waals surface area contributed by atoms with Crippen LogP contribution < -0.4 is 11.3 Å². The molecule has 10 heavy (non-hydrogen) atoms. The zero-order valence-electron chi connectivity index (χ0n) is 5.76. The number of nitrogens with one attached hydrogen (secondary N) is 1. The van der Waals surface area contributed by atoms with Gasteiger partial charge in [-0.15, -0.1) is 0 Å². The zero-order valence-corrected chi connectivity index (χ0v) is 5.76. The molecule has 0 aromatic heterocycles. The summed E-state index contributed by atoms with van der Waals surface area (Å²) in [4.78, 5) is 11.0. The van der Waals surface area contributed by atoms with Crippen molar-refractivity contribution in [2.45, 2.75) is 13.0 Å². The highest BCUT2D eigenvalue weighted by Crippen LogP contribution is 2.12. The number of ether oxygens (including phenoxy) is 1. The van der Waals surface area contributed by atoms with Crippen LogP contribution >= 0.6 is 0 Å². The summed E-state index contributed by atoms with van der Waals surface area (Å²) in [5, 5.41) is 0. The van der Waals surface area contributed by atoms with Crippen molar-refractivity contribution in [3.05, 3.63) is 11.8 Å². The molecule has 1 atom stereocenters. The van der Waals surface area contributed by atoms with Crippen molar-refractivity contribution in [2.24, 2.45) is 5.84 Å². The Balaban J connectivity index is 2.66. The summed E-state index contributed by atoms with van der Waals surface area (Å²) >= 11 is 0. The average Bonchev–Trinajstić information content (AvgIpc) is 2.20. The van der Waals surface area contributed by atoms with Gasteiger partial charge in [-0.1, -0.05) is 0 Å². The molecule has 1 saturated heterocycles. The second-order valence-electron chi connectivity index (χ2n) is 2.15. The summed E-state index contributed by atoms with van der Waals surface area (Å²) in [6.07, 6.45) is 1.16. The third-order valence-corrected chi connectivity index (χ3v) is 1.43. The van der Waals surface area contributed by atoms with Crippen LogP contribution in [0.2, 0.25) is 0 Å². The third-order valence-electron chi connectivity index (χ3n) is 1.43. The van der Waals surface area contributed by atoms with Crippen LogP contribution in [0, 0.1) is 0 Å². The van der Waals surface area contributed by atoms with E-state index in [1.807, 2.05) is 0 Å². The summed E-state index contributed by atoms with van der Waals surface area (Å²) in [5.74, 6) is 4.99. The Morgan fingerprint density at radius 3 is 3.00 bits per heavy atom. The molecule has 1 aliphatic rings. The smallest absolute Gasteiger partial charge is 0.191 e. The molecule has 4 heteroatoms. The number of rotatable bonds is 1. The fourth-order valence-corrected chi connectivity index (χ4v) is 0.836. The van der Waals surface area contributed by atoms with Gasteiger partial charge < -0.3 is 10.2 Å². The molecule has 0 saturated carbocycles. The Kier molecular flexibility index (Phi) is 2.03. The summed E-state index contributed by atoms with van der Waals surface area (Å²) < 4.78 is 5.02. The lowest BCUT2D eigenvalue weighted by Gasteiger charge is -1.93. The molecule has 56 valence electrons. The van der Waals surface area contributed by atoms with Gasteiger partial charge in [0.15, 0.2) is 5.78 Å². The van der Waals surface area contributed by atoms with E-state index in [0.717, 1.165) is 0 Å². The Morgan fingerprint density at radius 2 is 2.60 bits per heavy atom. The second kappa shape index (κ2) is 2.81. The molecular weight excluding hydrogens is 132 g/mol. The molecule has 1 rings (SSSR count). The number of hydrazine groups is 1. The molecule has 4 nitrogen and oxygen atoms in total. The number of Topliss-reactive ketones (excluding diaryl/α,β-unsaturated/α-hetero) is 1. The molecule has 0 bridgehead atoms. The van der Waals surface area contributed by atoms with Crippen LogP contribution in [0.5, 0.6) is 0 Å². The van der Waals surface area contributed by atoms with Gasteiger partial charge in [-0.3, -0.25) is 10.6 Å². The maximum absolute atomic E-state index is 11.0. The van der Waals surface area contributed by atoms with E-state index in [0.29, 0.717) is 12.2 Å². The van der Waals surface area contributed by atoms with E-state index >= 15 is 0 Å². The first kappa shape index (κ1) is 7.24. The quantitative estimate of drug-likeness (QED) is 0.289. The van der Waals surface area contributed by atoms with Crippen molar-refractivity contribution in [3.63, 3.8) is 0 Å². The van der Waals surface area contributed by atoms with Crippen molar-refractivity contribution in [3.8, 4) is 0 Å². The van der Waals surface area contributed by atoms with Crippen molar-refractivity contribution >= 4 is 5.78 Å². The Morgan fingerprint density at radius 1 is 1.90 bits per heavy atom. The van der Waals surface area contributed by atoms with E-state index in [-0.39, 0.29) is 11.9 Å². The lowest BCUT2D eigenvalue weighted by atomic mass is 10.2. The third kappa shape index (κ3) is 1.17. The largest absolute Gasteiger partial charge is 0.365 e. The van der Waals surface area contributed by atoms with Gasteiger partial charge in [0.05, 0.1) is 6.61 Å². The highest BCUT2D eigenvalue weighted by atomic mass is 16.5. The number of carbonyl (C=O) groups excluding carboxylic acids is 1. The first-order valence-corrected chi connectivity index (χ1v) is 3.06. The van der Waals surface area contributed by atoms with Crippen molar-refractivity contribution in [1.29, 1.82) is 0 Å². The van der Waals surface area contributed by atoms with Gasteiger partial charge in [0.2, 0.25) is 0 Å². The van der Waals surface area contributed by atoms with E-state index in [4.69, 9.17) is 10.6 Å². The normalized spacial score (nSPS) is 29.6. The minimum atomic E-state index is -0.306. The maximum atomic E-state index is 11.0. The van der Waals surface area contributed by atoms with Crippen molar-refractivity contribution < 1.29 is 9.53 Å². The molecule has 0 aliphatic carbocycles. The average molecular weight is 142 g/mol. The molecule has 0 spiro atoms. The predicted octanol–water partition coefficient (Wildman–Crippen LogP) is -0.679. The maximum Gasteiger partial charge on any atom is 0.191 e. The van der Waals surface area contributed by atoms with Crippen LogP contribution in [-0.2, 0) is 9.53 Å². The van der Waals surface area contributed by atoms with E-state index in [2.05, 4.69) is 5.43 Å². The molecule has 0 aromatic rings. The number of hydrogen-bond acceptors (Lipinski definition) is 4. The van der Waals surface area contributed by atoms with Crippen LogP contribution in [0.15, 0.2) is 11.8 Å². The first-order valence-electron chi connectivity index (χ1n) is 3.06. The summed E-state index contributed by atoms with van der Waals surface area (Å²) in [6, 6.07) is 0.